The van der Waals surface area contributed by atoms with Crippen LogP contribution in [-0.2, 0) is 16.6 Å². The first-order valence-electron chi connectivity index (χ1n) is 7.58. The summed E-state index contributed by atoms with van der Waals surface area (Å²) in [4.78, 5) is 14.8. The number of piperidine rings is 1. The summed E-state index contributed by atoms with van der Waals surface area (Å²) in [6.45, 7) is 0.962. The van der Waals surface area contributed by atoms with Crippen LogP contribution in [0, 0.1) is 0 Å². The van der Waals surface area contributed by atoms with Gasteiger partial charge in [0.2, 0.25) is 0 Å². The second kappa shape index (κ2) is 3.50. The number of allylic oxidation sites excluding steroid dienone is 1. The Morgan fingerprint density at radius 3 is 3.14 bits per heavy atom. The molecule has 0 saturated carbocycles. The van der Waals surface area contributed by atoms with Crippen molar-refractivity contribution < 1.29 is 14.6 Å². The smallest absolute Gasteiger partial charge is 0.178 e. The topological polar surface area (TPSA) is 49.8 Å². The zero-order chi connectivity index (χ0) is 14.4. The summed E-state index contributed by atoms with van der Waals surface area (Å²) in [5.74, 6) is 0.870. The molecule has 0 amide bonds. The van der Waals surface area contributed by atoms with Gasteiger partial charge in [0.25, 0.3) is 0 Å². The zero-order valence-electron chi connectivity index (χ0n) is 11.9. The van der Waals surface area contributed by atoms with Crippen LogP contribution in [0.4, 0.5) is 0 Å². The number of carbonyl (C=O) groups is 1. The van der Waals surface area contributed by atoms with Crippen molar-refractivity contribution in [3.63, 3.8) is 0 Å². The van der Waals surface area contributed by atoms with Gasteiger partial charge in [0.15, 0.2) is 23.4 Å². The van der Waals surface area contributed by atoms with E-state index in [0.29, 0.717) is 18.2 Å². The van der Waals surface area contributed by atoms with Crippen molar-refractivity contribution in [3.05, 3.63) is 34.9 Å². The van der Waals surface area contributed by atoms with Gasteiger partial charge in [0.1, 0.15) is 0 Å². The molecule has 21 heavy (non-hydrogen) atoms. The molecule has 5 rings (SSSR count). The predicted octanol–water partition coefficient (Wildman–Crippen LogP) is 1.55. The summed E-state index contributed by atoms with van der Waals surface area (Å²) in [5, 5.41) is 10.2. The predicted molar refractivity (Wildman–Crippen MR) is 76.6 cm³/mol. The number of carbonyl (C=O) groups excluding carboxylic acids is 1. The molecule has 0 aromatic heterocycles. The molecule has 0 unspecified atom stereocenters. The third kappa shape index (κ3) is 1.16. The Labute approximate surface area is 123 Å². The van der Waals surface area contributed by atoms with Crippen LogP contribution in [0.15, 0.2) is 23.8 Å². The molecule has 0 radical (unpaired) electrons. The summed E-state index contributed by atoms with van der Waals surface area (Å²) in [6, 6.07) is 4.07. The number of nitrogens with zero attached hydrogens (tertiary/aromatic N) is 1. The molecule has 2 aliphatic carbocycles. The van der Waals surface area contributed by atoms with Gasteiger partial charge < -0.3 is 9.84 Å². The van der Waals surface area contributed by atoms with Crippen molar-refractivity contribution >= 4 is 5.78 Å². The lowest BCUT2D eigenvalue weighted by Gasteiger charge is -2.52. The minimum atomic E-state index is -0.434. The highest BCUT2D eigenvalue weighted by Crippen LogP contribution is 2.61. The van der Waals surface area contributed by atoms with Gasteiger partial charge in [0, 0.05) is 18.0 Å². The van der Waals surface area contributed by atoms with Gasteiger partial charge >= 0.3 is 0 Å². The van der Waals surface area contributed by atoms with Crippen LogP contribution in [0.1, 0.15) is 24.0 Å². The van der Waals surface area contributed by atoms with E-state index < -0.39 is 6.10 Å². The van der Waals surface area contributed by atoms with Gasteiger partial charge in [-0.2, -0.15) is 0 Å². The van der Waals surface area contributed by atoms with Crippen molar-refractivity contribution in [2.45, 2.75) is 36.8 Å². The maximum atomic E-state index is 12.4. The highest BCUT2D eigenvalue weighted by molar-refractivity contribution is 5.92. The quantitative estimate of drug-likeness (QED) is 0.734. The van der Waals surface area contributed by atoms with E-state index in [1.165, 1.54) is 11.1 Å². The average Bonchev–Trinajstić information content (AvgIpc) is 2.83. The van der Waals surface area contributed by atoms with E-state index in [-0.39, 0.29) is 16.9 Å². The Morgan fingerprint density at radius 2 is 2.29 bits per heavy atom. The van der Waals surface area contributed by atoms with Crippen LogP contribution in [0.3, 0.4) is 0 Å². The number of hydrogen-bond acceptors (Lipinski definition) is 4. The molecule has 2 bridgehead atoms. The third-order valence-electron chi connectivity index (χ3n) is 5.85. The second-order valence-corrected chi connectivity index (χ2v) is 6.70. The number of benzene rings is 1. The Kier molecular flexibility index (Phi) is 1.97. The summed E-state index contributed by atoms with van der Waals surface area (Å²) >= 11 is 0. The molecule has 1 aromatic carbocycles. The van der Waals surface area contributed by atoms with Crippen LogP contribution in [-0.4, -0.2) is 41.5 Å². The number of likely N-dealkylation sites (tertiary alicyclic amines) is 1. The highest BCUT2D eigenvalue weighted by atomic mass is 16.5. The Hall–Kier alpha value is -1.81. The summed E-state index contributed by atoms with van der Waals surface area (Å²) in [6.07, 6.45) is 3.99. The number of phenolic OH excluding ortho intramolecular Hbond substituents is 1. The van der Waals surface area contributed by atoms with Crippen LogP contribution >= 0.6 is 0 Å². The SMILES string of the molecule is CN1CC[C@@]23C4=CCC(=O)[C@@H]2Oc2c(O)ccc(c23)C[C@H]41. The van der Waals surface area contributed by atoms with E-state index in [1.54, 1.807) is 6.07 Å². The number of likely N-dealkylation sites (N-methyl/N-ethyl adjacent to an activating group) is 1. The molecule has 2 heterocycles. The molecule has 1 aromatic rings. The second-order valence-electron chi connectivity index (χ2n) is 6.70. The standard InChI is InChI=1S/C17H17NO3/c1-18-7-6-17-10-3-5-13(20)16(17)21-15-12(19)4-2-9(14(15)17)8-11(10)18/h2-4,11,16,19H,5-8H2,1H3/t11-,16+,17+/m1/s1. The fourth-order valence-corrected chi connectivity index (χ4v) is 4.93. The van der Waals surface area contributed by atoms with Gasteiger partial charge in [-0.15, -0.1) is 0 Å². The zero-order valence-corrected chi connectivity index (χ0v) is 11.9. The molecular formula is C17H17NO3. The fraction of sp³-hybridized carbons (Fsp3) is 0.471. The van der Waals surface area contributed by atoms with Crippen molar-refractivity contribution in [1.82, 2.24) is 4.90 Å². The van der Waals surface area contributed by atoms with Crippen molar-refractivity contribution in [2.24, 2.45) is 0 Å². The molecule has 4 heteroatoms. The lowest BCUT2D eigenvalue weighted by molar-refractivity contribution is -0.128. The number of hydrogen-bond donors (Lipinski definition) is 1. The Bertz CT molecular complexity index is 723. The molecule has 4 aliphatic rings. The molecule has 4 nitrogen and oxygen atoms in total. The number of phenols is 1. The van der Waals surface area contributed by atoms with E-state index in [4.69, 9.17) is 4.74 Å². The minimum Gasteiger partial charge on any atom is -0.504 e. The Balaban J connectivity index is 1.88. The molecule has 3 atom stereocenters. The molecule has 1 fully saturated rings. The van der Waals surface area contributed by atoms with Crippen molar-refractivity contribution in [1.29, 1.82) is 0 Å². The van der Waals surface area contributed by atoms with Crippen molar-refractivity contribution in [2.75, 3.05) is 13.6 Å². The largest absolute Gasteiger partial charge is 0.504 e. The average molecular weight is 283 g/mol. The van der Waals surface area contributed by atoms with Crippen LogP contribution in [0.5, 0.6) is 11.5 Å². The third-order valence-corrected chi connectivity index (χ3v) is 5.85. The molecule has 1 spiro atoms. The van der Waals surface area contributed by atoms with E-state index in [9.17, 15) is 9.90 Å². The van der Waals surface area contributed by atoms with Gasteiger partial charge in [-0.3, -0.25) is 9.69 Å². The summed E-state index contributed by atoms with van der Waals surface area (Å²) in [5.41, 5.74) is 3.36. The Morgan fingerprint density at radius 1 is 1.43 bits per heavy atom. The van der Waals surface area contributed by atoms with Crippen LogP contribution in [0.25, 0.3) is 0 Å². The molecule has 1 N–H and O–H groups in total. The fourth-order valence-electron chi connectivity index (χ4n) is 4.93. The summed E-state index contributed by atoms with van der Waals surface area (Å²) in [7, 11) is 2.16. The van der Waals surface area contributed by atoms with Gasteiger partial charge in [0.05, 0.1) is 5.41 Å². The van der Waals surface area contributed by atoms with E-state index in [2.05, 4.69) is 18.0 Å². The molecular weight excluding hydrogens is 266 g/mol. The molecule has 2 aliphatic heterocycles. The molecule has 108 valence electrons. The molecule has 1 saturated heterocycles. The highest BCUT2D eigenvalue weighted by Gasteiger charge is 2.62. The van der Waals surface area contributed by atoms with Gasteiger partial charge in [-0.05, 0) is 43.6 Å². The van der Waals surface area contributed by atoms with Gasteiger partial charge in [-0.1, -0.05) is 12.1 Å². The monoisotopic (exact) mass is 283 g/mol. The first-order valence-corrected chi connectivity index (χ1v) is 7.58. The number of aromatic hydroxyl groups is 1. The first-order chi connectivity index (χ1) is 10.1. The van der Waals surface area contributed by atoms with Crippen LogP contribution < -0.4 is 4.74 Å². The number of Topliss-reactive ketones (excluding diaryl/α,β-unsaturated/α-hetero) is 1. The number of rotatable bonds is 0. The lowest BCUT2D eigenvalue weighted by atomic mass is 9.56. The number of ether oxygens (including phenoxy) is 1. The number of ketones is 1. The van der Waals surface area contributed by atoms with E-state index in [1.807, 2.05) is 6.07 Å². The van der Waals surface area contributed by atoms with E-state index >= 15 is 0 Å². The van der Waals surface area contributed by atoms with Crippen LogP contribution in [0.2, 0.25) is 0 Å². The lowest BCUT2D eigenvalue weighted by Crippen LogP contribution is -2.60. The minimum absolute atomic E-state index is 0.144. The first kappa shape index (κ1) is 11.8. The normalized spacial score (nSPS) is 36.0. The maximum absolute atomic E-state index is 12.4. The summed E-state index contributed by atoms with van der Waals surface area (Å²) < 4.78 is 6.00. The van der Waals surface area contributed by atoms with E-state index in [0.717, 1.165) is 24.9 Å². The van der Waals surface area contributed by atoms with Crippen molar-refractivity contribution in [3.8, 4) is 11.5 Å². The van der Waals surface area contributed by atoms with Gasteiger partial charge in [-0.25, -0.2) is 0 Å². The maximum Gasteiger partial charge on any atom is 0.178 e.